The molecule has 0 spiro atoms. The average Bonchev–Trinajstić information content (AvgIpc) is 3.06. The lowest BCUT2D eigenvalue weighted by Gasteiger charge is -2.09. The molecule has 1 aromatic heterocycles. The number of esters is 1. The summed E-state index contributed by atoms with van der Waals surface area (Å²) in [6.07, 6.45) is 0. The van der Waals surface area contributed by atoms with E-state index in [1.165, 1.54) is 16.7 Å². The highest BCUT2D eigenvalue weighted by atomic mass is 35.5. The van der Waals surface area contributed by atoms with Crippen LogP contribution >= 0.6 is 22.9 Å². The van der Waals surface area contributed by atoms with Crippen molar-refractivity contribution in [2.75, 3.05) is 13.2 Å². The number of thiazole rings is 1. The lowest BCUT2D eigenvalue weighted by Crippen LogP contribution is -2.23. The summed E-state index contributed by atoms with van der Waals surface area (Å²) in [6.45, 7) is 3.90. The minimum Gasteiger partial charge on any atom is -0.492 e. The van der Waals surface area contributed by atoms with Crippen molar-refractivity contribution in [2.45, 2.75) is 20.4 Å². The van der Waals surface area contributed by atoms with E-state index in [2.05, 4.69) is 4.99 Å². The molecule has 1 amide bonds. The molecule has 0 atom stereocenters. The molecule has 2 aromatic carbocycles. The lowest BCUT2D eigenvalue weighted by atomic mass is 10.2. The van der Waals surface area contributed by atoms with Crippen LogP contribution in [0.25, 0.3) is 10.2 Å². The molecule has 3 rings (SSSR count). The van der Waals surface area contributed by atoms with E-state index < -0.39 is 22.5 Å². The van der Waals surface area contributed by atoms with E-state index in [0.717, 1.165) is 22.1 Å². The number of para-hydroxylation sites is 1. The Morgan fingerprint density at radius 3 is 2.68 bits per heavy atom. The van der Waals surface area contributed by atoms with Crippen LogP contribution in [0.2, 0.25) is 5.02 Å². The molecule has 0 saturated carbocycles. The molecule has 0 aliphatic heterocycles. The molecule has 0 aliphatic carbocycles. The number of carbonyl (C=O) groups excluding carboxylic acids is 2. The van der Waals surface area contributed by atoms with Gasteiger partial charge in [-0.25, -0.2) is 0 Å². The summed E-state index contributed by atoms with van der Waals surface area (Å²) in [5, 5.41) is 11.5. The van der Waals surface area contributed by atoms with Gasteiger partial charge in [-0.3, -0.25) is 19.7 Å². The lowest BCUT2D eigenvalue weighted by molar-refractivity contribution is -0.385. The van der Waals surface area contributed by atoms with Gasteiger partial charge in [0.25, 0.3) is 11.6 Å². The molecule has 162 valence electrons. The fourth-order valence-electron chi connectivity index (χ4n) is 2.92. The zero-order chi connectivity index (χ0) is 22.5. The first-order valence-corrected chi connectivity index (χ1v) is 10.5. The summed E-state index contributed by atoms with van der Waals surface area (Å²) in [4.78, 5) is 40.0. The van der Waals surface area contributed by atoms with Crippen LogP contribution in [-0.4, -0.2) is 34.6 Å². The summed E-state index contributed by atoms with van der Waals surface area (Å²) >= 11 is 7.08. The number of ether oxygens (including phenoxy) is 2. The second kappa shape index (κ2) is 9.71. The van der Waals surface area contributed by atoms with E-state index in [9.17, 15) is 19.7 Å². The molecular weight excluding hydrogens is 446 g/mol. The number of amides is 1. The quantitative estimate of drug-likeness (QED) is 0.297. The summed E-state index contributed by atoms with van der Waals surface area (Å²) in [6, 6.07) is 9.00. The van der Waals surface area contributed by atoms with Crippen LogP contribution < -0.4 is 9.54 Å². The Balaban J connectivity index is 2.21. The molecule has 0 saturated heterocycles. The smallest absolute Gasteiger partial charge is 0.326 e. The molecule has 31 heavy (non-hydrogen) atoms. The van der Waals surface area contributed by atoms with E-state index in [1.54, 1.807) is 25.1 Å². The molecule has 0 unspecified atom stereocenters. The highest BCUT2D eigenvalue weighted by Gasteiger charge is 2.22. The van der Waals surface area contributed by atoms with Crippen molar-refractivity contribution in [3.63, 3.8) is 0 Å². The average molecular weight is 464 g/mol. The molecule has 0 bridgehead atoms. The number of nitro benzene ring substituents is 1. The van der Waals surface area contributed by atoms with E-state index in [4.69, 9.17) is 21.1 Å². The molecule has 0 N–H and O–H groups in total. The Hall–Kier alpha value is -3.24. The number of halogens is 1. The van der Waals surface area contributed by atoms with E-state index in [1.807, 2.05) is 6.92 Å². The molecular formula is C20H18ClN3O6S. The van der Waals surface area contributed by atoms with Gasteiger partial charge < -0.3 is 14.0 Å². The standard InChI is InChI=1S/C20H18ClN3O6S/c1-3-29-15-6-5-7-16-18(15)23(11-17(25)30-4-2)20(31-16)22-19(26)13-10-12(21)8-9-14(13)24(27)28/h5-10H,3-4,11H2,1-2H3. The first kappa shape index (κ1) is 22.4. The highest BCUT2D eigenvalue weighted by molar-refractivity contribution is 7.16. The zero-order valence-corrected chi connectivity index (χ0v) is 18.2. The summed E-state index contributed by atoms with van der Waals surface area (Å²) in [7, 11) is 0. The SMILES string of the molecule is CCOC(=O)Cn1c(=NC(=O)c2cc(Cl)ccc2[N+](=O)[O-])sc2cccc(OCC)c21. The Kier molecular flexibility index (Phi) is 7.03. The minimum atomic E-state index is -0.851. The van der Waals surface area contributed by atoms with Gasteiger partial charge >= 0.3 is 5.97 Å². The third-order valence-corrected chi connectivity index (χ3v) is 5.42. The number of benzene rings is 2. The third-order valence-electron chi connectivity index (χ3n) is 4.14. The first-order valence-electron chi connectivity index (χ1n) is 9.29. The van der Waals surface area contributed by atoms with Crippen molar-refractivity contribution >= 4 is 50.7 Å². The van der Waals surface area contributed by atoms with Crippen molar-refractivity contribution in [1.29, 1.82) is 0 Å². The van der Waals surface area contributed by atoms with Gasteiger partial charge in [0.05, 0.1) is 22.8 Å². The van der Waals surface area contributed by atoms with Gasteiger partial charge in [0.2, 0.25) is 0 Å². The largest absolute Gasteiger partial charge is 0.492 e. The molecule has 11 heteroatoms. The molecule has 0 radical (unpaired) electrons. The Morgan fingerprint density at radius 1 is 1.23 bits per heavy atom. The second-order valence-electron chi connectivity index (χ2n) is 6.15. The third kappa shape index (κ3) is 4.92. The van der Waals surface area contributed by atoms with Crippen LogP contribution in [-0.2, 0) is 16.1 Å². The highest BCUT2D eigenvalue weighted by Crippen LogP contribution is 2.28. The fraction of sp³-hybridized carbons (Fsp3) is 0.250. The molecule has 1 heterocycles. The Bertz CT molecular complexity index is 1230. The van der Waals surface area contributed by atoms with E-state index in [-0.39, 0.29) is 28.5 Å². The van der Waals surface area contributed by atoms with Crippen LogP contribution in [0.1, 0.15) is 24.2 Å². The molecule has 9 nitrogen and oxygen atoms in total. The van der Waals surface area contributed by atoms with Crippen molar-refractivity contribution in [2.24, 2.45) is 4.99 Å². The van der Waals surface area contributed by atoms with Gasteiger partial charge in [-0.2, -0.15) is 4.99 Å². The first-order chi connectivity index (χ1) is 14.8. The van der Waals surface area contributed by atoms with Crippen LogP contribution in [0.5, 0.6) is 5.75 Å². The van der Waals surface area contributed by atoms with Gasteiger partial charge in [0.15, 0.2) is 4.80 Å². The normalized spacial score (nSPS) is 11.5. The maximum absolute atomic E-state index is 12.9. The number of hydrogen-bond donors (Lipinski definition) is 0. The van der Waals surface area contributed by atoms with Crippen LogP contribution in [0.3, 0.4) is 0 Å². The van der Waals surface area contributed by atoms with Crippen molar-refractivity contribution in [1.82, 2.24) is 4.57 Å². The number of rotatable bonds is 7. The van der Waals surface area contributed by atoms with E-state index >= 15 is 0 Å². The number of hydrogen-bond acceptors (Lipinski definition) is 7. The predicted molar refractivity (Wildman–Crippen MR) is 116 cm³/mol. The topological polar surface area (TPSA) is 113 Å². The minimum absolute atomic E-state index is 0.165. The monoisotopic (exact) mass is 463 g/mol. The van der Waals surface area contributed by atoms with E-state index in [0.29, 0.717) is 17.9 Å². The number of aromatic nitrogens is 1. The molecule has 0 aliphatic rings. The number of carbonyl (C=O) groups is 2. The van der Waals surface area contributed by atoms with Gasteiger partial charge in [-0.05, 0) is 38.1 Å². The number of nitrogens with zero attached hydrogens (tertiary/aromatic N) is 3. The predicted octanol–water partition coefficient (Wildman–Crippen LogP) is 3.97. The van der Waals surface area contributed by atoms with Crippen LogP contribution in [0.15, 0.2) is 41.4 Å². The van der Waals surface area contributed by atoms with Gasteiger partial charge in [0, 0.05) is 11.1 Å². The molecule has 0 fully saturated rings. The maximum Gasteiger partial charge on any atom is 0.326 e. The fourth-order valence-corrected chi connectivity index (χ4v) is 4.14. The number of nitro groups is 1. The van der Waals surface area contributed by atoms with Gasteiger partial charge in [-0.1, -0.05) is 29.0 Å². The Labute approximate surface area is 185 Å². The second-order valence-corrected chi connectivity index (χ2v) is 7.59. The zero-order valence-electron chi connectivity index (χ0n) is 16.7. The summed E-state index contributed by atoms with van der Waals surface area (Å²) in [5.74, 6) is -0.851. The summed E-state index contributed by atoms with van der Waals surface area (Å²) in [5.41, 5.74) is -0.0802. The number of fused-ring (bicyclic) bond motifs is 1. The van der Waals surface area contributed by atoms with Crippen molar-refractivity contribution in [3.05, 3.63) is 61.9 Å². The summed E-state index contributed by atoms with van der Waals surface area (Å²) < 4.78 is 13.0. The maximum atomic E-state index is 12.9. The van der Waals surface area contributed by atoms with Gasteiger partial charge in [0.1, 0.15) is 23.4 Å². The van der Waals surface area contributed by atoms with Crippen molar-refractivity contribution in [3.8, 4) is 5.75 Å². The van der Waals surface area contributed by atoms with Crippen LogP contribution in [0.4, 0.5) is 5.69 Å². The Morgan fingerprint density at radius 2 is 2.00 bits per heavy atom. The van der Waals surface area contributed by atoms with Gasteiger partial charge in [-0.15, -0.1) is 0 Å². The van der Waals surface area contributed by atoms with Crippen LogP contribution in [0, 0.1) is 10.1 Å². The van der Waals surface area contributed by atoms with Crippen molar-refractivity contribution < 1.29 is 24.0 Å². The molecule has 3 aromatic rings.